The lowest BCUT2D eigenvalue weighted by Crippen LogP contribution is -2.24. The molecule has 0 bridgehead atoms. The number of rotatable bonds is 4. The SMILES string of the molecule is Cn1cc(CNS(=O)(=O)c2cc(N)cc(Br)c2F)cn1. The minimum atomic E-state index is -4.00. The number of aromatic nitrogens is 2. The van der Waals surface area contributed by atoms with E-state index < -0.39 is 20.7 Å². The third-order valence-corrected chi connectivity index (χ3v) is 4.51. The summed E-state index contributed by atoms with van der Waals surface area (Å²) in [6, 6.07) is 2.38. The molecule has 0 spiro atoms. The first-order valence-corrected chi connectivity index (χ1v) is 7.79. The Balaban J connectivity index is 2.27. The Morgan fingerprint density at radius 2 is 2.20 bits per heavy atom. The Kier molecular flexibility index (Phi) is 4.11. The summed E-state index contributed by atoms with van der Waals surface area (Å²) in [5.41, 5.74) is 6.35. The quantitative estimate of drug-likeness (QED) is 0.804. The molecule has 6 nitrogen and oxygen atoms in total. The predicted octanol–water partition coefficient (Wildman–Crippen LogP) is 1.38. The first kappa shape index (κ1) is 14.9. The smallest absolute Gasteiger partial charge is 0.243 e. The van der Waals surface area contributed by atoms with Gasteiger partial charge >= 0.3 is 0 Å². The number of aryl methyl sites for hydroxylation is 1. The van der Waals surface area contributed by atoms with Crippen LogP contribution in [0.15, 0.2) is 33.9 Å². The molecule has 0 saturated heterocycles. The number of nitrogens with zero attached hydrogens (tertiary/aromatic N) is 2. The molecule has 108 valence electrons. The van der Waals surface area contributed by atoms with Crippen LogP contribution in [0.4, 0.5) is 10.1 Å². The van der Waals surface area contributed by atoms with Gasteiger partial charge < -0.3 is 5.73 Å². The average molecular weight is 363 g/mol. The molecule has 2 aromatic rings. The standard InChI is InChI=1S/C11H12BrFN4O2S/c1-17-6-7(4-15-17)5-16-20(18,19)10-3-8(14)2-9(12)11(10)13/h2-4,6,16H,5,14H2,1H3. The molecule has 1 heterocycles. The van der Waals surface area contributed by atoms with Crippen molar-refractivity contribution in [2.75, 3.05) is 5.73 Å². The normalized spacial score (nSPS) is 11.8. The summed E-state index contributed by atoms with van der Waals surface area (Å²) in [5.74, 6) is -0.877. The first-order valence-electron chi connectivity index (χ1n) is 5.51. The molecule has 9 heteroatoms. The zero-order valence-electron chi connectivity index (χ0n) is 10.5. The lowest BCUT2D eigenvalue weighted by molar-refractivity contribution is 0.554. The van der Waals surface area contributed by atoms with E-state index in [9.17, 15) is 12.8 Å². The summed E-state index contributed by atoms with van der Waals surface area (Å²) in [4.78, 5) is -0.492. The van der Waals surface area contributed by atoms with Crippen molar-refractivity contribution in [3.8, 4) is 0 Å². The third kappa shape index (κ3) is 3.17. The first-order chi connectivity index (χ1) is 9.29. The fraction of sp³-hybridized carbons (Fsp3) is 0.182. The molecule has 1 aromatic heterocycles. The van der Waals surface area contributed by atoms with Gasteiger partial charge in [0.05, 0.1) is 10.7 Å². The summed E-state index contributed by atoms with van der Waals surface area (Å²) >= 11 is 2.93. The van der Waals surface area contributed by atoms with Gasteiger partial charge in [0.1, 0.15) is 4.90 Å². The van der Waals surface area contributed by atoms with E-state index in [-0.39, 0.29) is 16.7 Å². The number of nitrogens with two attached hydrogens (primary N) is 1. The van der Waals surface area contributed by atoms with Crippen LogP contribution in [-0.2, 0) is 23.6 Å². The van der Waals surface area contributed by atoms with Gasteiger partial charge in [-0.25, -0.2) is 17.5 Å². The van der Waals surface area contributed by atoms with Crippen LogP contribution < -0.4 is 10.5 Å². The molecular weight excluding hydrogens is 351 g/mol. The van der Waals surface area contributed by atoms with Crippen molar-refractivity contribution in [3.05, 3.63) is 40.4 Å². The van der Waals surface area contributed by atoms with Gasteiger partial charge in [0.25, 0.3) is 0 Å². The van der Waals surface area contributed by atoms with E-state index in [2.05, 4.69) is 25.8 Å². The van der Waals surface area contributed by atoms with Crippen molar-refractivity contribution in [2.24, 2.45) is 7.05 Å². The van der Waals surface area contributed by atoms with Gasteiger partial charge in [0, 0.05) is 31.0 Å². The number of halogens is 2. The molecular formula is C11H12BrFN4O2S. The van der Waals surface area contributed by atoms with Gasteiger partial charge in [-0.2, -0.15) is 5.10 Å². The summed E-state index contributed by atoms with van der Waals surface area (Å²) < 4.78 is 41.9. The van der Waals surface area contributed by atoms with E-state index >= 15 is 0 Å². The monoisotopic (exact) mass is 362 g/mol. The van der Waals surface area contributed by atoms with E-state index in [1.807, 2.05) is 0 Å². The highest BCUT2D eigenvalue weighted by Crippen LogP contribution is 2.26. The van der Waals surface area contributed by atoms with Crippen molar-refractivity contribution >= 4 is 31.6 Å². The molecule has 0 unspecified atom stereocenters. The summed E-state index contributed by atoms with van der Waals surface area (Å²) in [5, 5.41) is 3.92. The average Bonchev–Trinajstić information content (AvgIpc) is 2.77. The van der Waals surface area contributed by atoms with E-state index in [0.29, 0.717) is 5.56 Å². The van der Waals surface area contributed by atoms with Gasteiger partial charge in [-0.1, -0.05) is 0 Å². The van der Waals surface area contributed by atoms with Gasteiger partial charge in [-0.3, -0.25) is 4.68 Å². The lowest BCUT2D eigenvalue weighted by atomic mass is 10.3. The highest BCUT2D eigenvalue weighted by atomic mass is 79.9. The number of anilines is 1. The Morgan fingerprint density at radius 1 is 1.50 bits per heavy atom. The zero-order valence-corrected chi connectivity index (χ0v) is 12.9. The Bertz CT molecular complexity index is 745. The van der Waals surface area contributed by atoms with Gasteiger partial charge in [0.2, 0.25) is 10.0 Å². The van der Waals surface area contributed by atoms with Crippen LogP contribution in [-0.4, -0.2) is 18.2 Å². The minimum Gasteiger partial charge on any atom is -0.399 e. The van der Waals surface area contributed by atoms with Crippen LogP contribution in [0, 0.1) is 5.82 Å². The second-order valence-corrected chi connectivity index (χ2v) is 6.75. The Hall–Kier alpha value is -1.45. The van der Waals surface area contributed by atoms with Crippen LogP contribution in [0.1, 0.15) is 5.56 Å². The maximum atomic E-state index is 13.9. The highest BCUT2D eigenvalue weighted by Gasteiger charge is 2.21. The molecule has 0 atom stereocenters. The molecule has 0 aliphatic heterocycles. The lowest BCUT2D eigenvalue weighted by Gasteiger charge is -2.09. The second-order valence-electron chi connectivity index (χ2n) is 4.16. The van der Waals surface area contributed by atoms with Gasteiger partial charge in [0.15, 0.2) is 5.82 Å². The number of nitrogen functional groups attached to an aromatic ring is 1. The molecule has 0 aliphatic carbocycles. The number of nitrogens with one attached hydrogen (secondary N) is 1. The number of hydrogen-bond donors (Lipinski definition) is 2. The number of sulfonamides is 1. The van der Waals surface area contributed by atoms with Crippen LogP contribution in [0.5, 0.6) is 0 Å². The molecule has 0 radical (unpaired) electrons. The van der Waals surface area contributed by atoms with Crippen molar-refractivity contribution in [1.29, 1.82) is 0 Å². The van der Waals surface area contributed by atoms with Crippen molar-refractivity contribution in [2.45, 2.75) is 11.4 Å². The molecule has 20 heavy (non-hydrogen) atoms. The second kappa shape index (κ2) is 5.51. The fourth-order valence-corrected chi connectivity index (χ4v) is 3.36. The van der Waals surface area contributed by atoms with Crippen LogP contribution >= 0.6 is 15.9 Å². The van der Waals surface area contributed by atoms with Crippen molar-refractivity contribution in [1.82, 2.24) is 14.5 Å². The molecule has 0 amide bonds. The van der Waals surface area contributed by atoms with Crippen molar-refractivity contribution in [3.63, 3.8) is 0 Å². The molecule has 0 aliphatic rings. The van der Waals surface area contributed by atoms with Crippen LogP contribution in [0.2, 0.25) is 0 Å². The largest absolute Gasteiger partial charge is 0.399 e. The van der Waals surface area contributed by atoms with E-state index in [1.165, 1.54) is 12.3 Å². The zero-order chi connectivity index (χ0) is 14.9. The Labute approximate surface area is 124 Å². The number of hydrogen-bond acceptors (Lipinski definition) is 4. The summed E-state index contributed by atoms with van der Waals surface area (Å²) in [7, 11) is -2.28. The third-order valence-electron chi connectivity index (χ3n) is 2.53. The Morgan fingerprint density at radius 3 is 2.80 bits per heavy atom. The number of benzene rings is 1. The molecule has 3 N–H and O–H groups in total. The van der Waals surface area contributed by atoms with Crippen LogP contribution in [0.25, 0.3) is 0 Å². The predicted molar refractivity (Wildman–Crippen MR) is 75.7 cm³/mol. The summed E-state index contributed by atoms with van der Waals surface area (Å²) in [6.45, 7) is 0.0159. The minimum absolute atomic E-state index is 0.000692. The van der Waals surface area contributed by atoms with Crippen LogP contribution in [0.3, 0.4) is 0 Å². The topological polar surface area (TPSA) is 90.0 Å². The molecule has 2 rings (SSSR count). The van der Waals surface area contributed by atoms with E-state index in [0.717, 1.165) is 6.07 Å². The molecule has 1 aromatic carbocycles. The molecule has 0 saturated carbocycles. The maximum absolute atomic E-state index is 13.9. The van der Waals surface area contributed by atoms with Crippen molar-refractivity contribution < 1.29 is 12.8 Å². The van der Waals surface area contributed by atoms with Gasteiger partial charge in [-0.15, -0.1) is 0 Å². The van der Waals surface area contributed by atoms with E-state index in [1.54, 1.807) is 17.9 Å². The molecule has 0 fully saturated rings. The van der Waals surface area contributed by atoms with E-state index in [4.69, 9.17) is 5.73 Å². The fourth-order valence-electron chi connectivity index (χ4n) is 1.60. The highest BCUT2D eigenvalue weighted by molar-refractivity contribution is 9.10. The maximum Gasteiger partial charge on any atom is 0.243 e. The summed E-state index contributed by atoms with van der Waals surface area (Å²) in [6.07, 6.45) is 3.18. The van der Waals surface area contributed by atoms with Gasteiger partial charge in [-0.05, 0) is 28.1 Å².